The molecule has 4 rings (SSSR count). The number of Topliss-reactive ketones (excluding diaryl/α,β-unsaturated/α-hetero) is 1. The van der Waals surface area contributed by atoms with Crippen LogP contribution < -0.4 is 0 Å². The molecule has 4 aliphatic carbocycles. The second-order valence-electron chi connectivity index (χ2n) is 10.3. The minimum Gasteiger partial charge on any atom is -0.458 e. The van der Waals surface area contributed by atoms with Gasteiger partial charge in [-0.2, -0.15) is 0 Å². The van der Waals surface area contributed by atoms with Crippen LogP contribution in [0.15, 0.2) is 23.8 Å². The van der Waals surface area contributed by atoms with Gasteiger partial charge in [0.25, 0.3) is 0 Å². The molecule has 4 aliphatic rings. The Morgan fingerprint density at radius 3 is 2.67 bits per heavy atom. The zero-order valence-electron chi connectivity index (χ0n) is 18.2. The quantitative estimate of drug-likeness (QED) is 0.685. The van der Waals surface area contributed by atoms with Gasteiger partial charge in [0.1, 0.15) is 5.60 Å². The van der Waals surface area contributed by atoms with Crippen molar-refractivity contribution in [1.29, 1.82) is 0 Å². The van der Waals surface area contributed by atoms with Gasteiger partial charge >= 0.3 is 5.97 Å². The first-order chi connectivity index (χ1) is 13.9. The Balaban J connectivity index is 1.70. The molecule has 164 valence electrons. The third kappa shape index (κ3) is 2.79. The summed E-state index contributed by atoms with van der Waals surface area (Å²) in [5.41, 5.74) is -1.72. The van der Waals surface area contributed by atoms with Gasteiger partial charge in [-0.25, -0.2) is 0 Å². The molecular formula is C24H32O6. The molecule has 5 unspecified atom stereocenters. The van der Waals surface area contributed by atoms with Gasteiger partial charge < -0.3 is 14.9 Å². The van der Waals surface area contributed by atoms with Crippen LogP contribution in [0.1, 0.15) is 53.4 Å². The molecule has 6 nitrogen and oxygen atoms in total. The summed E-state index contributed by atoms with van der Waals surface area (Å²) in [5, 5.41) is 22.9. The third-order valence-electron chi connectivity index (χ3n) is 8.84. The van der Waals surface area contributed by atoms with Crippen molar-refractivity contribution in [1.82, 2.24) is 0 Å². The average Bonchev–Trinajstić information content (AvgIpc) is 2.93. The molecule has 0 bridgehead atoms. The lowest BCUT2D eigenvalue weighted by Gasteiger charge is -2.60. The van der Waals surface area contributed by atoms with E-state index in [1.54, 1.807) is 12.2 Å². The van der Waals surface area contributed by atoms with Crippen LogP contribution >= 0.6 is 0 Å². The number of hydrogen-bond donors (Lipinski definition) is 2. The predicted molar refractivity (Wildman–Crippen MR) is 109 cm³/mol. The Hall–Kier alpha value is -1.79. The summed E-state index contributed by atoms with van der Waals surface area (Å²) in [4.78, 5) is 36.1. The molecule has 0 amide bonds. The third-order valence-corrected chi connectivity index (χ3v) is 8.84. The highest BCUT2D eigenvalue weighted by molar-refractivity contribution is 6.01. The summed E-state index contributed by atoms with van der Waals surface area (Å²) < 4.78 is 4.89. The van der Waals surface area contributed by atoms with Gasteiger partial charge in [0.05, 0.1) is 6.10 Å². The smallest absolute Gasteiger partial charge is 0.303 e. The van der Waals surface area contributed by atoms with Crippen molar-refractivity contribution in [2.45, 2.75) is 65.1 Å². The first kappa shape index (κ1) is 21.4. The second kappa shape index (κ2) is 6.86. The zero-order chi connectivity index (χ0) is 22.1. The number of aliphatic hydroxyl groups excluding tert-OH is 1. The van der Waals surface area contributed by atoms with Crippen LogP contribution in [-0.2, 0) is 19.1 Å². The molecule has 0 saturated heterocycles. The van der Waals surface area contributed by atoms with Crippen LogP contribution in [0.25, 0.3) is 0 Å². The molecule has 0 spiro atoms. The zero-order valence-corrected chi connectivity index (χ0v) is 18.2. The summed E-state index contributed by atoms with van der Waals surface area (Å²) in [5.74, 6) is -0.712. The number of rotatable bonds is 3. The molecule has 3 fully saturated rings. The molecule has 3 saturated carbocycles. The maximum Gasteiger partial charge on any atom is 0.303 e. The van der Waals surface area contributed by atoms with Crippen molar-refractivity contribution in [3.8, 4) is 0 Å². The number of esters is 1. The number of ether oxygens (including phenoxy) is 1. The van der Waals surface area contributed by atoms with E-state index in [-0.39, 0.29) is 29.5 Å². The first-order valence-corrected chi connectivity index (χ1v) is 11.0. The fourth-order valence-corrected chi connectivity index (χ4v) is 7.50. The van der Waals surface area contributed by atoms with Crippen molar-refractivity contribution >= 4 is 17.5 Å². The van der Waals surface area contributed by atoms with Crippen LogP contribution in [0.3, 0.4) is 0 Å². The molecule has 0 aromatic heterocycles. The minimum atomic E-state index is -1.61. The van der Waals surface area contributed by atoms with Crippen LogP contribution in [0.5, 0.6) is 0 Å². The van der Waals surface area contributed by atoms with E-state index < -0.39 is 40.9 Å². The standard InChI is InChI=1S/C24H32O6/c1-13-9-16-17-6-8-24(29,20(28)12-30-14(2)25)23(17,4)11-19(27)21(16)22(3)7-5-15(26)10-18(13)22/h5,7,10,13,16-17,19,21,27,29H,6,8-9,11-12H2,1-4H3/t13-,16?,17?,19-,21?,22?,23?,24-/m0/s1. The first-order valence-electron chi connectivity index (χ1n) is 11.0. The lowest BCUT2D eigenvalue weighted by molar-refractivity contribution is -0.182. The van der Waals surface area contributed by atoms with Gasteiger partial charge in [-0.15, -0.1) is 0 Å². The topological polar surface area (TPSA) is 101 Å². The Labute approximate surface area is 177 Å². The van der Waals surface area contributed by atoms with E-state index in [0.29, 0.717) is 19.3 Å². The van der Waals surface area contributed by atoms with Crippen molar-refractivity contribution in [2.24, 2.45) is 34.5 Å². The molecule has 0 aromatic rings. The summed E-state index contributed by atoms with van der Waals surface area (Å²) in [7, 11) is 0. The van der Waals surface area contributed by atoms with Crippen LogP contribution in [0.2, 0.25) is 0 Å². The number of allylic oxidation sites excluding steroid dienone is 4. The lowest BCUT2D eigenvalue weighted by atomic mass is 9.45. The van der Waals surface area contributed by atoms with Gasteiger partial charge in [-0.05, 0) is 55.6 Å². The van der Waals surface area contributed by atoms with Crippen LogP contribution in [0.4, 0.5) is 0 Å². The largest absolute Gasteiger partial charge is 0.458 e. The maximum atomic E-state index is 12.9. The molecule has 0 radical (unpaired) electrons. The van der Waals surface area contributed by atoms with Crippen LogP contribution in [-0.4, -0.2) is 46.1 Å². The van der Waals surface area contributed by atoms with E-state index in [1.807, 2.05) is 13.0 Å². The SMILES string of the molecule is CC(=O)OCC(=O)[C@@]1(O)CCC2C3C[C@H](C)C4=CC(=O)C=CC4(C)C3[C@@H](O)CC21C. The average molecular weight is 417 g/mol. The van der Waals surface area contributed by atoms with E-state index in [9.17, 15) is 24.6 Å². The number of hydrogen-bond acceptors (Lipinski definition) is 6. The number of ketones is 2. The van der Waals surface area contributed by atoms with E-state index in [0.717, 1.165) is 12.0 Å². The molecule has 0 aliphatic heterocycles. The minimum absolute atomic E-state index is 0.00535. The molecule has 2 N–H and O–H groups in total. The monoisotopic (exact) mass is 416 g/mol. The van der Waals surface area contributed by atoms with Crippen molar-refractivity contribution < 1.29 is 29.3 Å². The molecule has 30 heavy (non-hydrogen) atoms. The number of fused-ring (bicyclic) bond motifs is 5. The van der Waals surface area contributed by atoms with Crippen molar-refractivity contribution in [3.05, 3.63) is 23.8 Å². The Kier molecular flexibility index (Phi) is 4.90. The fraction of sp³-hybridized carbons (Fsp3) is 0.708. The Morgan fingerprint density at radius 2 is 2.00 bits per heavy atom. The van der Waals surface area contributed by atoms with E-state index in [2.05, 4.69) is 13.8 Å². The summed E-state index contributed by atoms with van der Waals surface area (Å²) in [6, 6.07) is 0. The molecule has 6 heteroatoms. The van der Waals surface area contributed by atoms with E-state index in [4.69, 9.17) is 4.74 Å². The number of aliphatic hydroxyl groups is 2. The van der Waals surface area contributed by atoms with E-state index in [1.165, 1.54) is 6.92 Å². The summed E-state index contributed by atoms with van der Waals surface area (Å²) >= 11 is 0. The van der Waals surface area contributed by atoms with Crippen molar-refractivity contribution in [2.75, 3.05) is 6.61 Å². The second-order valence-corrected chi connectivity index (χ2v) is 10.3. The summed E-state index contributed by atoms with van der Waals surface area (Å²) in [6.07, 6.45) is 6.71. The Bertz CT molecular complexity index is 858. The number of carbonyl (C=O) groups excluding carboxylic acids is 3. The normalized spacial score (nSPS) is 47.1. The molecular weight excluding hydrogens is 384 g/mol. The Morgan fingerprint density at radius 1 is 1.30 bits per heavy atom. The van der Waals surface area contributed by atoms with Gasteiger partial charge in [0.15, 0.2) is 12.4 Å². The highest BCUT2D eigenvalue weighted by atomic mass is 16.5. The number of carbonyl (C=O) groups is 3. The highest BCUT2D eigenvalue weighted by Crippen LogP contribution is 2.67. The van der Waals surface area contributed by atoms with Gasteiger partial charge in [-0.3, -0.25) is 14.4 Å². The molecule has 0 heterocycles. The lowest BCUT2D eigenvalue weighted by Crippen LogP contribution is -2.62. The van der Waals surface area contributed by atoms with Gasteiger partial charge in [0.2, 0.25) is 5.78 Å². The molecule has 8 atom stereocenters. The van der Waals surface area contributed by atoms with Gasteiger partial charge in [0, 0.05) is 23.7 Å². The van der Waals surface area contributed by atoms with E-state index >= 15 is 0 Å². The van der Waals surface area contributed by atoms with Crippen LogP contribution in [0, 0.1) is 34.5 Å². The highest BCUT2D eigenvalue weighted by Gasteiger charge is 2.68. The van der Waals surface area contributed by atoms with Crippen molar-refractivity contribution in [3.63, 3.8) is 0 Å². The molecule has 0 aromatic carbocycles. The van der Waals surface area contributed by atoms with Gasteiger partial charge in [-0.1, -0.05) is 32.4 Å². The predicted octanol–water partition coefficient (Wildman–Crippen LogP) is 2.37. The maximum absolute atomic E-state index is 12.9. The fourth-order valence-electron chi connectivity index (χ4n) is 7.50. The summed E-state index contributed by atoms with van der Waals surface area (Å²) in [6.45, 7) is 6.94.